The van der Waals surface area contributed by atoms with Crippen molar-refractivity contribution in [2.75, 3.05) is 19.6 Å². The largest absolute Gasteiger partial charge is 0.302 e. The van der Waals surface area contributed by atoms with E-state index in [0.29, 0.717) is 0 Å². The summed E-state index contributed by atoms with van der Waals surface area (Å²) in [7, 11) is 0. The van der Waals surface area contributed by atoms with Gasteiger partial charge in [-0.05, 0) is 33.1 Å². The second-order valence-electron chi connectivity index (χ2n) is 4.14. The van der Waals surface area contributed by atoms with Gasteiger partial charge < -0.3 is 4.90 Å². The highest BCUT2D eigenvalue weighted by atomic mass is 15.1. The first-order valence-electron chi connectivity index (χ1n) is 5.21. The lowest BCUT2D eigenvalue weighted by Gasteiger charge is -2.19. The zero-order valence-corrected chi connectivity index (χ0v) is 8.97. The lowest BCUT2D eigenvalue weighted by molar-refractivity contribution is 0.291. The minimum absolute atomic E-state index is 1.15. The first-order chi connectivity index (χ1) is 6.18. The van der Waals surface area contributed by atoms with Crippen molar-refractivity contribution in [1.29, 1.82) is 0 Å². The molecule has 0 unspecified atom stereocenters. The van der Waals surface area contributed by atoms with Crippen LogP contribution in [0.15, 0.2) is 23.8 Å². The molecular weight excluding hydrogens is 158 g/mol. The Hall–Kier alpha value is -0.560. The second kappa shape index (κ2) is 5.23. The molecule has 74 valence electrons. The van der Waals surface area contributed by atoms with Crippen molar-refractivity contribution in [2.45, 2.75) is 33.1 Å². The van der Waals surface area contributed by atoms with Gasteiger partial charge >= 0.3 is 0 Å². The number of nitrogens with zero attached hydrogens (tertiary/aromatic N) is 1. The van der Waals surface area contributed by atoms with Crippen molar-refractivity contribution < 1.29 is 0 Å². The summed E-state index contributed by atoms with van der Waals surface area (Å²) in [5.41, 5.74) is 2.85. The summed E-state index contributed by atoms with van der Waals surface area (Å²) in [6, 6.07) is 0. The average Bonchev–Trinajstić information content (AvgIpc) is 2.27. The van der Waals surface area contributed by atoms with Crippen LogP contribution in [0.25, 0.3) is 0 Å². The summed E-state index contributed by atoms with van der Waals surface area (Å²) in [5, 5.41) is 0. The summed E-state index contributed by atoms with van der Waals surface area (Å²) >= 11 is 0. The summed E-state index contributed by atoms with van der Waals surface area (Å²) in [6.45, 7) is 11.9. The Morgan fingerprint density at radius 3 is 3.00 bits per heavy atom. The molecule has 0 saturated carbocycles. The van der Waals surface area contributed by atoms with E-state index >= 15 is 0 Å². The Labute approximate surface area is 82.1 Å². The summed E-state index contributed by atoms with van der Waals surface area (Å²) < 4.78 is 0. The molecule has 0 fully saturated rings. The molecule has 0 aliphatic carbocycles. The summed E-state index contributed by atoms with van der Waals surface area (Å²) in [6.07, 6.45) is 6.00. The van der Waals surface area contributed by atoms with Crippen LogP contribution in [0.1, 0.15) is 33.1 Å². The molecule has 0 N–H and O–H groups in total. The summed E-state index contributed by atoms with van der Waals surface area (Å²) in [4.78, 5) is 2.54. The van der Waals surface area contributed by atoms with E-state index in [1.165, 1.54) is 38.0 Å². The third-order valence-corrected chi connectivity index (χ3v) is 2.62. The highest BCUT2D eigenvalue weighted by molar-refractivity contribution is 5.01. The smallest absolute Gasteiger partial charge is 0.00187 e. The van der Waals surface area contributed by atoms with Gasteiger partial charge in [0.1, 0.15) is 0 Å². The molecule has 1 heterocycles. The monoisotopic (exact) mass is 179 g/mol. The molecule has 1 rings (SSSR count). The number of hydrogen-bond acceptors (Lipinski definition) is 1. The van der Waals surface area contributed by atoms with E-state index in [-0.39, 0.29) is 0 Å². The molecule has 1 aliphatic rings. The topological polar surface area (TPSA) is 3.24 Å². The Kier molecular flexibility index (Phi) is 4.23. The van der Waals surface area contributed by atoms with E-state index in [1.807, 2.05) is 0 Å². The molecule has 1 aliphatic heterocycles. The van der Waals surface area contributed by atoms with Gasteiger partial charge in [-0.15, -0.1) is 6.58 Å². The minimum atomic E-state index is 1.15. The fourth-order valence-electron chi connectivity index (χ4n) is 1.61. The van der Waals surface area contributed by atoms with Crippen LogP contribution in [0, 0.1) is 0 Å². The molecule has 0 radical (unpaired) electrons. The molecular formula is C12H21N. The standard InChI is InChI=1S/C12H21N/c1-11(2)6-9-13-8-4-5-12(3)7-10-13/h5H,1,4,6-10H2,2-3H3. The van der Waals surface area contributed by atoms with Gasteiger partial charge in [-0.2, -0.15) is 0 Å². The van der Waals surface area contributed by atoms with Gasteiger partial charge in [0.25, 0.3) is 0 Å². The fraction of sp³-hybridized carbons (Fsp3) is 0.667. The van der Waals surface area contributed by atoms with Crippen molar-refractivity contribution in [2.24, 2.45) is 0 Å². The minimum Gasteiger partial charge on any atom is -0.302 e. The van der Waals surface area contributed by atoms with E-state index in [4.69, 9.17) is 0 Å². The molecule has 1 heteroatoms. The van der Waals surface area contributed by atoms with Gasteiger partial charge in [0.15, 0.2) is 0 Å². The van der Waals surface area contributed by atoms with Crippen LogP contribution in [-0.4, -0.2) is 24.5 Å². The summed E-state index contributed by atoms with van der Waals surface area (Å²) in [5.74, 6) is 0. The number of hydrogen-bond donors (Lipinski definition) is 0. The van der Waals surface area contributed by atoms with Crippen LogP contribution in [0.5, 0.6) is 0 Å². The van der Waals surface area contributed by atoms with Crippen LogP contribution in [0.2, 0.25) is 0 Å². The molecule has 0 aromatic carbocycles. The van der Waals surface area contributed by atoms with Crippen molar-refractivity contribution in [1.82, 2.24) is 4.90 Å². The molecule has 0 aromatic rings. The Morgan fingerprint density at radius 2 is 2.31 bits per heavy atom. The van der Waals surface area contributed by atoms with Crippen molar-refractivity contribution >= 4 is 0 Å². The molecule has 0 spiro atoms. The Morgan fingerprint density at radius 1 is 1.54 bits per heavy atom. The zero-order chi connectivity index (χ0) is 9.68. The van der Waals surface area contributed by atoms with Gasteiger partial charge in [0.2, 0.25) is 0 Å². The highest BCUT2D eigenvalue weighted by Crippen LogP contribution is 2.11. The quantitative estimate of drug-likeness (QED) is 0.602. The average molecular weight is 179 g/mol. The Bertz CT molecular complexity index is 203. The molecule has 13 heavy (non-hydrogen) atoms. The first kappa shape index (κ1) is 10.5. The van der Waals surface area contributed by atoms with Crippen LogP contribution in [-0.2, 0) is 0 Å². The SMILES string of the molecule is C=C(C)CCN1CCC=C(C)CC1. The second-order valence-corrected chi connectivity index (χ2v) is 4.14. The first-order valence-corrected chi connectivity index (χ1v) is 5.21. The maximum absolute atomic E-state index is 3.94. The molecule has 0 aromatic heterocycles. The zero-order valence-electron chi connectivity index (χ0n) is 8.97. The molecule has 0 amide bonds. The fourth-order valence-corrected chi connectivity index (χ4v) is 1.61. The van der Waals surface area contributed by atoms with Crippen LogP contribution in [0.3, 0.4) is 0 Å². The normalized spacial score (nSPS) is 19.4. The van der Waals surface area contributed by atoms with Gasteiger partial charge in [-0.1, -0.05) is 17.2 Å². The maximum Gasteiger partial charge on any atom is 0.00187 e. The maximum atomic E-state index is 3.94. The third-order valence-electron chi connectivity index (χ3n) is 2.62. The van der Waals surface area contributed by atoms with Crippen molar-refractivity contribution in [3.8, 4) is 0 Å². The molecule has 0 bridgehead atoms. The van der Waals surface area contributed by atoms with Crippen LogP contribution < -0.4 is 0 Å². The van der Waals surface area contributed by atoms with Gasteiger partial charge in [0, 0.05) is 19.6 Å². The van der Waals surface area contributed by atoms with Crippen LogP contribution in [0.4, 0.5) is 0 Å². The van der Waals surface area contributed by atoms with Gasteiger partial charge in [0.05, 0.1) is 0 Å². The van der Waals surface area contributed by atoms with Gasteiger partial charge in [-0.3, -0.25) is 0 Å². The predicted octanol–water partition coefficient (Wildman–Crippen LogP) is 2.99. The Balaban J connectivity index is 2.25. The number of rotatable bonds is 3. The molecule has 0 atom stereocenters. The lowest BCUT2D eigenvalue weighted by atomic mass is 10.2. The van der Waals surface area contributed by atoms with Gasteiger partial charge in [-0.25, -0.2) is 0 Å². The van der Waals surface area contributed by atoms with E-state index in [2.05, 4.69) is 31.4 Å². The van der Waals surface area contributed by atoms with E-state index in [0.717, 1.165) is 6.42 Å². The lowest BCUT2D eigenvalue weighted by Crippen LogP contribution is -2.26. The molecule has 1 nitrogen and oxygen atoms in total. The predicted molar refractivity (Wildman–Crippen MR) is 58.9 cm³/mol. The third kappa shape index (κ3) is 4.28. The van der Waals surface area contributed by atoms with Crippen molar-refractivity contribution in [3.63, 3.8) is 0 Å². The highest BCUT2D eigenvalue weighted by Gasteiger charge is 2.07. The van der Waals surface area contributed by atoms with E-state index in [1.54, 1.807) is 5.57 Å². The van der Waals surface area contributed by atoms with Crippen LogP contribution >= 0.6 is 0 Å². The van der Waals surface area contributed by atoms with E-state index in [9.17, 15) is 0 Å². The van der Waals surface area contributed by atoms with E-state index < -0.39 is 0 Å². The molecule has 0 saturated heterocycles. The van der Waals surface area contributed by atoms with Crippen molar-refractivity contribution in [3.05, 3.63) is 23.8 Å².